The van der Waals surface area contributed by atoms with Gasteiger partial charge in [0.15, 0.2) is 0 Å². The van der Waals surface area contributed by atoms with E-state index in [0.29, 0.717) is 5.33 Å². The fourth-order valence-electron chi connectivity index (χ4n) is 0.590. The summed E-state index contributed by atoms with van der Waals surface area (Å²) in [4.78, 5) is 0. The summed E-state index contributed by atoms with van der Waals surface area (Å²) < 4.78 is 22.6. The number of halogens is 1. The molecule has 0 aromatic carbocycles. The Labute approximate surface area is 73.4 Å². The van der Waals surface area contributed by atoms with Crippen molar-refractivity contribution < 1.29 is 8.42 Å². The largest absolute Gasteiger partial charge is 0.250 e. The van der Waals surface area contributed by atoms with Crippen molar-refractivity contribution in [1.82, 2.24) is 9.19 Å². The molecule has 0 fully saturated rings. The van der Waals surface area contributed by atoms with Gasteiger partial charge in [-0.15, -0.1) is 0 Å². The third kappa shape index (κ3) is 2.03. The maximum atomic E-state index is 10.8. The van der Waals surface area contributed by atoms with E-state index in [1.165, 1.54) is 12.4 Å². The van der Waals surface area contributed by atoms with Gasteiger partial charge in [0.1, 0.15) is 0 Å². The minimum absolute atomic E-state index is 0.614. The van der Waals surface area contributed by atoms with Crippen LogP contribution in [0.1, 0.15) is 5.56 Å². The van der Waals surface area contributed by atoms with Gasteiger partial charge in [-0.2, -0.15) is 9.19 Å². The van der Waals surface area contributed by atoms with Gasteiger partial charge < -0.3 is 0 Å². The number of hydrogen-bond acceptors (Lipinski definition) is 3. The predicted molar refractivity (Wildman–Crippen MR) is 45.1 cm³/mol. The Morgan fingerprint density at radius 2 is 2.36 bits per heavy atom. The van der Waals surface area contributed by atoms with Crippen LogP contribution in [0, 0.1) is 0 Å². The molecule has 0 aliphatic heterocycles. The first kappa shape index (κ1) is 8.73. The molecular formula is C5H7BrN2O2S. The summed E-state index contributed by atoms with van der Waals surface area (Å²) in [5, 5.41) is 4.27. The van der Waals surface area contributed by atoms with Gasteiger partial charge in [0, 0.05) is 17.1 Å². The summed E-state index contributed by atoms with van der Waals surface area (Å²) in [5.41, 5.74) is 0.843. The first-order valence-electron chi connectivity index (χ1n) is 2.84. The summed E-state index contributed by atoms with van der Waals surface area (Å²) in [7, 11) is -3.21. The minimum Gasteiger partial charge on any atom is -0.205 e. The molecule has 0 atom stereocenters. The molecular weight excluding hydrogens is 232 g/mol. The van der Waals surface area contributed by atoms with Gasteiger partial charge in [-0.1, -0.05) is 15.9 Å². The monoisotopic (exact) mass is 238 g/mol. The lowest BCUT2D eigenvalue weighted by Gasteiger charge is -1.93. The molecule has 0 radical (unpaired) electrons. The fourth-order valence-corrected chi connectivity index (χ4v) is 1.42. The van der Waals surface area contributed by atoms with E-state index in [-0.39, 0.29) is 0 Å². The molecule has 0 saturated carbocycles. The van der Waals surface area contributed by atoms with Gasteiger partial charge in [0.25, 0.3) is 10.0 Å². The molecule has 0 amide bonds. The molecule has 0 unspecified atom stereocenters. The number of aromatic nitrogens is 2. The minimum atomic E-state index is -3.21. The highest BCUT2D eigenvalue weighted by Crippen LogP contribution is 2.04. The van der Waals surface area contributed by atoms with Crippen molar-refractivity contribution in [2.75, 3.05) is 6.26 Å². The van der Waals surface area contributed by atoms with Crippen molar-refractivity contribution in [3.63, 3.8) is 0 Å². The molecule has 11 heavy (non-hydrogen) atoms. The zero-order valence-corrected chi connectivity index (χ0v) is 8.26. The lowest BCUT2D eigenvalue weighted by atomic mass is 10.4. The van der Waals surface area contributed by atoms with E-state index in [1.54, 1.807) is 0 Å². The van der Waals surface area contributed by atoms with Crippen molar-refractivity contribution in [1.29, 1.82) is 0 Å². The SMILES string of the molecule is CS(=O)(=O)n1cc(CBr)cn1. The Hall–Kier alpha value is -0.360. The molecule has 0 aliphatic carbocycles. The third-order valence-corrected chi connectivity index (χ3v) is 2.63. The van der Waals surface area contributed by atoms with Crippen LogP contribution < -0.4 is 0 Å². The Kier molecular flexibility index (Phi) is 2.34. The molecule has 0 bridgehead atoms. The molecule has 0 saturated heterocycles. The Morgan fingerprint density at radius 3 is 2.64 bits per heavy atom. The zero-order chi connectivity index (χ0) is 8.48. The average Bonchev–Trinajstić information content (AvgIpc) is 2.32. The average molecular weight is 239 g/mol. The Balaban J connectivity index is 3.09. The van der Waals surface area contributed by atoms with Crippen LogP contribution in [0.2, 0.25) is 0 Å². The molecule has 0 spiro atoms. The standard InChI is InChI=1S/C5H7BrN2O2S/c1-11(9,10)8-4-5(2-6)3-7-8/h3-4H,2H2,1H3. The summed E-state index contributed by atoms with van der Waals surface area (Å²) in [6.45, 7) is 0. The molecule has 0 N–H and O–H groups in total. The van der Waals surface area contributed by atoms with E-state index in [4.69, 9.17) is 0 Å². The zero-order valence-electron chi connectivity index (χ0n) is 5.86. The van der Waals surface area contributed by atoms with Crippen LogP contribution >= 0.6 is 15.9 Å². The molecule has 1 aromatic rings. The van der Waals surface area contributed by atoms with Crippen molar-refractivity contribution in [2.24, 2.45) is 0 Å². The second kappa shape index (κ2) is 2.94. The maximum Gasteiger partial charge on any atom is 0.250 e. The highest BCUT2D eigenvalue weighted by atomic mass is 79.9. The highest BCUT2D eigenvalue weighted by Gasteiger charge is 2.05. The van der Waals surface area contributed by atoms with Crippen LogP contribution in [-0.2, 0) is 15.4 Å². The molecule has 6 heteroatoms. The van der Waals surface area contributed by atoms with Gasteiger partial charge in [-0.25, -0.2) is 8.42 Å². The predicted octanol–water partition coefficient (Wildman–Crippen LogP) is 0.586. The molecule has 62 valence electrons. The van der Waals surface area contributed by atoms with Crippen LogP contribution in [0.15, 0.2) is 12.4 Å². The van der Waals surface area contributed by atoms with Gasteiger partial charge in [0.2, 0.25) is 0 Å². The van der Waals surface area contributed by atoms with Crippen LogP contribution in [-0.4, -0.2) is 23.9 Å². The molecule has 0 aliphatic rings. The molecule has 1 rings (SSSR count). The smallest absolute Gasteiger partial charge is 0.205 e. The van der Waals surface area contributed by atoms with Crippen molar-refractivity contribution in [3.8, 4) is 0 Å². The van der Waals surface area contributed by atoms with Crippen LogP contribution in [0.25, 0.3) is 0 Å². The first-order valence-corrected chi connectivity index (χ1v) is 5.81. The maximum absolute atomic E-state index is 10.8. The van der Waals surface area contributed by atoms with Crippen molar-refractivity contribution in [3.05, 3.63) is 18.0 Å². The summed E-state index contributed by atoms with van der Waals surface area (Å²) in [6, 6.07) is 0. The van der Waals surface area contributed by atoms with Gasteiger partial charge in [-0.3, -0.25) is 0 Å². The Morgan fingerprint density at radius 1 is 1.73 bits per heavy atom. The number of alkyl halides is 1. The fraction of sp³-hybridized carbons (Fsp3) is 0.400. The van der Waals surface area contributed by atoms with Gasteiger partial charge in [-0.05, 0) is 0 Å². The van der Waals surface area contributed by atoms with Crippen molar-refractivity contribution >= 4 is 26.0 Å². The lowest BCUT2D eigenvalue weighted by Crippen LogP contribution is -2.09. The second-order valence-electron chi connectivity index (χ2n) is 2.12. The van der Waals surface area contributed by atoms with E-state index in [1.807, 2.05) is 0 Å². The van der Waals surface area contributed by atoms with Gasteiger partial charge in [0.05, 0.1) is 12.5 Å². The van der Waals surface area contributed by atoms with E-state index in [9.17, 15) is 8.42 Å². The quantitative estimate of drug-likeness (QED) is 0.709. The lowest BCUT2D eigenvalue weighted by molar-refractivity contribution is 0.586. The van der Waals surface area contributed by atoms with Crippen LogP contribution in [0.4, 0.5) is 0 Å². The van der Waals surface area contributed by atoms with Crippen molar-refractivity contribution in [2.45, 2.75) is 5.33 Å². The third-order valence-electron chi connectivity index (χ3n) is 1.11. The second-order valence-corrected chi connectivity index (χ2v) is 4.52. The summed E-state index contributed by atoms with van der Waals surface area (Å²) >= 11 is 3.19. The topological polar surface area (TPSA) is 52.0 Å². The molecule has 1 heterocycles. The van der Waals surface area contributed by atoms with E-state index in [2.05, 4.69) is 21.0 Å². The first-order chi connectivity index (χ1) is 5.04. The number of hydrogen-bond donors (Lipinski definition) is 0. The highest BCUT2D eigenvalue weighted by molar-refractivity contribution is 9.08. The van der Waals surface area contributed by atoms with E-state index < -0.39 is 10.0 Å². The van der Waals surface area contributed by atoms with E-state index >= 15 is 0 Å². The molecule has 1 aromatic heterocycles. The van der Waals surface area contributed by atoms with E-state index in [0.717, 1.165) is 15.9 Å². The number of nitrogens with zero attached hydrogens (tertiary/aromatic N) is 2. The van der Waals surface area contributed by atoms with Gasteiger partial charge >= 0.3 is 0 Å². The Bertz CT molecular complexity index is 343. The summed E-state index contributed by atoms with van der Waals surface area (Å²) in [5.74, 6) is 0. The normalized spacial score (nSPS) is 11.8. The number of rotatable bonds is 2. The van der Waals surface area contributed by atoms with Crippen LogP contribution in [0.3, 0.4) is 0 Å². The molecule has 4 nitrogen and oxygen atoms in total. The van der Waals surface area contributed by atoms with Crippen LogP contribution in [0.5, 0.6) is 0 Å². The summed E-state index contributed by atoms with van der Waals surface area (Å²) in [6.07, 6.45) is 4.10.